The monoisotopic (exact) mass is 445 g/mol. The molecular weight excluding hydrogens is 414 g/mol. The minimum Gasteiger partial charge on any atom is -0.436 e. The van der Waals surface area contributed by atoms with E-state index in [0.29, 0.717) is 11.5 Å². The van der Waals surface area contributed by atoms with Gasteiger partial charge in [0.1, 0.15) is 5.52 Å². The summed E-state index contributed by atoms with van der Waals surface area (Å²) in [4.78, 5) is 32.1. The topological polar surface area (TPSA) is 75.4 Å². The van der Waals surface area contributed by atoms with Crippen LogP contribution < -0.4 is 5.32 Å². The zero-order chi connectivity index (χ0) is 22.8. The molecular formula is C27H31N3O3. The zero-order valence-electron chi connectivity index (χ0n) is 19.1. The molecule has 1 N–H and O–H groups in total. The molecule has 0 radical (unpaired) electrons. The Morgan fingerprint density at radius 1 is 0.970 bits per heavy atom. The van der Waals surface area contributed by atoms with Crippen molar-refractivity contribution in [3.63, 3.8) is 0 Å². The fourth-order valence-corrected chi connectivity index (χ4v) is 5.27. The number of carbonyl (C=O) groups is 2. The Morgan fingerprint density at radius 2 is 1.73 bits per heavy atom. The van der Waals surface area contributed by atoms with Crippen molar-refractivity contribution < 1.29 is 14.0 Å². The highest BCUT2D eigenvalue weighted by Gasteiger charge is 2.31. The number of oxazole rings is 1. The Hall–Kier alpha value is -3.15. The van der Waals surface area contributed by atoms with Crippen molar-refractivity contribution in [1.82, 2.24) is 15.2 Å². The van der Waals surface area contributed by atoms with Crippen molar-refractivity contribution in [2.24, 2.45) is 5.92 Å². The average molecular weight is 446 g/mol. The third-order valence-electron chi connectivity index (χ3n) is 7.26. The third-order valence-corrected chi connectivity index (χ3v) is 7.26. The number of hydrogen-bond donors (Lipinski definition) is 1. The standard InChI is InChI=1S/C27H31N3O3/c1-30(22-10-6-9-21(17-22)28-25(31)18-7-2-3-8-18)27(32)20-15-13-19(14-16-20)26-29-23-11-4-5-12-24(23)33-26/h4-5,11-16,18,21-22H,2-3,6-10,17H2,1H3,(H,28,31)/t21-,22+/m0/s1. The van der Waals surface area contributed by atoms with E-state index in [1.807, 2.05) is 60.5 Å². The van der Waals surface area contributed by atoms with Crippen LogP contribution in [-0.4, -0.2) is 40.8 Å². The Bertz CT molecular complexity index is 1100. The molecule has 6 heteroatoms. The lowest BCUT2D eigenvalue weighted by Gasteiger charge is -2.36. The van der Waals surface area contributed by atoms with E-state index < -0.39 is 0 Å². The van der Waals surface area contributed by atoms with Gasteiger partial charge < -0.3 is 14.6 Å². The van der Waals surface area contributed by atoms with Crippen LogP contribution in [-0.2, 0) is 4.79 Å². The molecule has 6 nitrogen and oxygen atoms in total. The van der Waals surface area contributed by atoms with Crippen molar-refractivity contribution in [3.8, 4) is 11.5 Å². The summed E-state index contributed by atoms with van der Waals surface area (Å²) in [7, 11) is 1.88. The molecule has 2 atom stereocenters. The Morgan fingerprint density at radius 3 is 2.48 bits per heavy atom. The van der Waals surface area contributed by atoms with E-state index in [9.17, 15) is 9.59 Å². The van der Waals surface area contributed by atoms with E-state index in [2.05, 4.69) is 10.3 Å². The first-order valence-electron chi connectivity index (χ1n) is 12.1. The molecule has 0 spiro atoms. The first-order chi connectivity index (χ1) is 16.1. The molecule has 0 bridgehead atoms. The van der Waals surface area contributed by atoms with E-state index in [1.165, 1.54) is 0 Å². The number of benzene rings is 2. The maximum Gasteiger partial charge on any atom is 0.253 e. The molecule has 3 aromatic rings. The van der Waals surface area contributed by atoms with Crippen molar-refractivity contribution in [3.05, 3.63) is 54.1 Å². The van der Waals surface area contributed by atoms with Crippen LogP contribution in [0.25, 0.3) is 22.6 Å². The lowest BCUT2D eigenvalue weighted by Crippen LogP contribution is -2.47. The summed E-state index contributed by atoms with van der Waals surface area (Å²) in [5.74, 6) is 0.954. The fraction of sp³-hybridized carbons (Fsp3) is 0.444. The molecule has 2 fully saturated rings. The Kier molecular flexibility index (Phi) is 6.16. The van der Waals surface area contributed by atoms with Gasteiger partial charge in [0, 0.05) is 36.2 Å². The lowest BCUT2D eigenvalue weighted by atomic mass is 9.89. The zero-order valence-corrected chi connectivity index (χ0v) is 19.1. The highest BCUT2D eigenvalue weighted by molar-refractivity contribution is 5.94. The molecule has 33 heavy (non-hydrogen) atoms. The van der Waals surface area contributed by atoms with E-state index in [4.69, 9.17) is 4.42 Å². The van der Waals surface area contributed by atoms with Crippen LogP contribution in [0.15, 0.2) is 52.9 Å². The number of amides is 2. The van der Waals surface area contributed by atoms with Crippen LogP contribution in [0.5, 0.6) is 0 Å². The van der Waals surface area contributed by atoms with Gasteiger partial charge in [0.15, 0.2) is 5.58 Å². The molecule has 2 saturated carbocycles. The summed E-state index contributed by atoms with van der Waals surface area (Å²) in [5, 5.41) is 3.27. The predicted octanol–water partition coefficient (Wildman–Crippen LogP) is 5.18. The van der Waals surface area contributed by atoms with Gasteiger partial charge in [-0.2, -0.15) is 0 Å². The van der Waals surface area contributed by atoms with E-state index >= 15 is 0 Å². The van der Waals surface area contributed by atoms with Gasteiger partial charge in [0.05, 0.1) is 0 Å². The van der Waals surface area contributed by atoms with Crippen molar-refractivity contribution in [2.45, 2.75) is 63.5 Å². The van der Waals surface area contributed by atoms with E-state index in [1.54, 1.807) is 0 Å². The van der Waals surface area contributed by atoms with Crippen molar-refractivity contribution in [1.29, 1.82) is 0 Å². The van der Waals surface area contributed by atoms with Gasteiger partial charge in [0.2, 0.25) is 11.8 Å². The molecule has 2 aliphatic carbocycles. The number of fused-ring (bicyclic) bond motifs is 1. The second kappa shape index (κ2) is 9.38. The molecule has 1 aromatic heterocycles. The quantitative estimate of drug-likeness (QED) is 0.587. The SMILES string of the molecule is CN(C(=O)c1ccc(-c2nc3ccccc3o2)cc1)[C@@H]1CCC[C@H](NC(=O)C2CCCC2)C1. The minimum atomic E-state index is 0.00637. The molecule has 0 unspecified atom stereocenters. The number of nitrogens with one attached hydrogen (secondary N) is 1. The molecule has 172 valence electrons. The van der Waals surface area contributed by atoms with E-state index in [0.717, 1.165) is 68.0 Å². The maximum absolute atomic E-state index is 13.2. The van der Waals surface area contributed by atoms with Crippen LogP contribution in [0.3, 0.4) is 0 Å². The van der Waals surface area contributed by atoms with Crippen LogP contribution >= 0.6 is 0 Å². The normalized spacial score (nSPS) is 21.2. The van der Waals surface area contributed by atoms with Crippen LogP contribution in [0.2, 0.25) is 0 Å². The van der Waals surface area contributed by atoms with Gasteiger partial charge in [-0.25, -0.2) is 4.98 Å². The molecule has 0 saturated heterocycles. The molecule has 5 rings (SSSR count). The number of aromatic nitrogens is 1. The summed E-state index contributed by atoms with van der Waals surface area (Å²) in [6.07, 6.45) is 8.16. The Labute approximate surface area is 194 Å². The van der Waals surface area contributed by atoms with Gasteiger partial charge in [-0.1, -0.05) is 25.0 Å². The summed E-state index contributed by atoms with van der Waals surface area (Å²) >= 11 is 0. The average Bonchev–Trinajstić information content (AvgIpc) is 3.54. The number of para-hydroxylation sites is 2. The van der Waals surface area contributed by atoms with Crippen LogP contribution in [0, 0.1) is 5.92 Å². The summed E-state index contributed by atoms with van der Waals surface area (Å²) < 4.78 is 5.84. The second-order valence-electron chi connectivity index (χ2n) is 9.49. The fourth-order valence-electron chi connectivity index (χ4n) is 5.27. The van der Waals surface area contributed by atoms with Crippen LogP contribution in [0.1, 0.15) is 61.7 Å². The first kappa shape index (κ1) is 21.7. The van der Waals surface area contributed by atoms with Gasteiger partial charge in [0.25, 0.3) is 5.91 Å². The van der Waals surface area contributed by atoms with Gasteiger partial charge in [-0.15, -0.1) is 0 Å². The predicted molar refractivity (Wildman–Crippen MR) is 128 cm³/mol. The molecule has 1 heterocycles. The number of carbonyl (C=O) groups excluding carboxylic acids is 2. The van der Waals surface area contributed by atoms with Crippen molar-refractivity contribution >= 4 is 22.9 Å². The third kappa shape index (κ3) is 4.65. The highest BCUT2D eigenvalue weighted by atomic mass is 16.3. The number of nitrogens with zero attached hydrogens (tertiary/aromatic N) is 2. The van der Waals surface area contributed by atoms with Crippen molar-refractivity contribution in [2.75, 3.05) is 7.05 Å². The largest absolute Gasteiger partial charge is 0.436 e. The summed E-state index contributed by atoms with van der Waals surface area (Å²) in [5.41, 5.74) is 3.06. The summed E-state index contributed by atoms with van der Waals surface area (Å²) in [6, 6.07) is 15.4. The summed E-state index contributed by atoms with van der Waals surface area (Å²) in [6.45, 7) is 0. The maximum atomic E-state index is 13.2. The highest BCUT2D eigenvalue weighted by Crippen LogP contribution is 2.28. The number of rotatable bonds is 5. The molecule has 2 aromatic carbocycles. The molecule has 2 amide bonds. The molecule has 0 aliphatic heterocycles. The number of hydrogen-bond acceptors (Lipinski definition) is 4. The minimum absolute atomic E-state index is 0.00637. The first-order valence-corrected chi connectivity index (χ1v) is 12.1. The smallest absolute Gasteiger partial charge is 0.253 e. The van der Waals surface area contributed by atoms with Gasteiger partial charge in [-0.3, -0.25) is 9.59 Å². The second-order valence-corrected chi connectivity index (χ2v) is 9.49. The Balaban J connectivity index is 1.22. The molecule has 2 aliphatic rings. The van der Waals surface area contributed by atoms with Gasteiger partial charge >= 0.3 is 0 Å². The van der Waals surface area contributed by atoms with Crippen LogP contribution in [0.4, 0.5) is 0 Å². The van der Waals surface area contributed by atoms with E-state index in [-0.39, 0.29) is 29.8 Å². The lowest BCUT2D eigenvalue weighted by molar-refractivity contribution is -0.125. The van der Waals surface area contributed by atoms with Gasteiger partial charge in [-0.05, 0) is 74.9 Å².